The average Bonchev–Trinajstić information content (AvgIpc) is 3.01. The molecule has 1 aliphatic rings. The summed E-state index contributed by atoms with van der Waals surface area (Å²) in [6.45, 7) is 2.43. The van der Waals surface area contributed by atoms with Crippen molar-refractivity contribution in [1.29, 1.82) is 0 Å². The zero-order valence-corrected chi connectivity index (χ0v) is 15.8. The van der Waals surface area contributed by atoms with Crippen molar-refractivity contribution in [3.8, 4) is 0 Å². The van der Waals surface area contributed by atoms with Crippen LogP contribution in [0.25, 0.3) is 10.2 Å². The number of carbonyl (C=O) groups excluding carboxylic acids is 1. The van der Waals surface area contributed by atoms with Gasteiger partial charge < -0.3 is 5.32 Å². The second-order valence-corrected chi connectivity index (χ2v) is 8.20. The molecule has 0 fully saturated rings. The van der Waals surface area contributed by atoms with E-state index in [1.54, 1.807) is 23.5 Å². The predicted molar refractivity (Wildman–Crippen MR) is 103 cm³/mol. The minimum absolute atomic E-state index is 0.0794. The lowest BCUT2D eigenvalue weighted by atomic mass is 9.89. The summed E-state index contributed by atoms with van der Waals surface area (Å²) in [4.78, 5) is 31.6. The summed E-state index contributed by atoms with van der Waals surface area (Å²) >= 11 is 1.60. The van der Waals surface area contributed by atoms with Crippen molar-refractivity contribution >= 4 is 27.5 Å². The molecule has 1 atom stereocenters. The summed E-state index contributed by atoms with van der Waals surface area (Å²) < 4.78 is 14.3. The summed E-state index contributed by atoms with van der Waals surface area (Å²) in [5, 5.41) is 3.43. The van der Waals surface area contributed by atoms with Crippen LogP contribution in [0.1, 0.15) is 29.3 Å². The molecule has 27 heavy (non-hydrogen) atoms. The third kappa shape index (κ3) is 3.64. The lowest BCUT2D eigenvalue weighted by Crippen LogP contribution is -2.32. The molecule has 7 heteroatoms. The number of benzene rings is 1. The van der Waals surface area contributed by atoms with Crippen LogP contribution in [-0.2, 0) is 30.7 Å². The van der Waals surface area contributed by atoms with Gasteiger partial charge in [0.15, 0.2) is 0 Å². The molecule has 1 aliphatic carbocycles. The molecule has 1 aromatic carbocycles. The van der Waals surface area contributed by atoms with Gasteiger partial charge in [0.05, 0.1) is 11.7 Å². The fourth-order valence-corrected chi connectivity index (χ4v) is 4.83. The Morgan fingerprint density at radius 1 is 1.37 bits per heavy atom. The summed E-state index contributed by atoms with van der Waals surface area (Å²) in [6.07, 6.45) is 4.42. The Balaban J connectivity index is 1.52. The molecule has 0 spiro atoms. The standard InChI is InChI=1S/C20H20FN3O2S/c1-12-2-7-15-16(8-12)27-19-18(15)20(26)24(11-23-19)10-17(25)22-9-13-3-5-14(21)6-4-13/h3-6,11-12H,2,7-10H2,1H3,(H,22,25)/t12-/m1/s1. The van der Waals surface area contributed by atoms with Gasteiger partial charge in [-0.2, -0.15) is 0 Å². The molecule has 5 nitrogen and oxygen atoms in total. The van der Waals surface area contributed by atoms with Crippen molar-refractivity contribution in [2.45, 2.75) is 39.3 Å². The van der Waals surface area contributed by atoms with Crippen LogP contribution in [0.4, 0.5) is 4.39 Å². The minimum Gasteiger partial charge on any atom is -0.350 e. The van der Waals surface area contributed by atoms with Gasteiger partial charge in [-0.1, -0.05) is 19.1 Å². The number of hydrogen-bond donors (Lipinski definition) is 1. The maximum atomic E-state index is 12.9. The number of thiophene rings is 1. The molecule has 0 saturated carbocycles. The Morgan fingerprint density at radius 3 is 2.93 bits per heavy atom. The molecular weight excluding hydrogens is 365 g/mol. The normalized spacial score (nSPS) is 16.3. The van der Waals surface area contributed by atoms with Crippen LogP contribution in [0, 0.1) is 11.7 Å². The Labute approximate surface area is 159 Å². The number of fused-ring (bicyclic) bond motifs is 3. The summed E-state index contributed by atoms with van der Waals surface area (Å²) in [5.74, 6) is 0.0369. The van der Waals surface area contributed by atoms with E-state index in [2.05, 4.69) is 17.2 Å². The Morgan fingerprint density at radius 2 is 2.15 bits per heavy atom. The van der Waals surface area contributed by atoms with Crippen LogP contribution >= 0.6 is 11.3 Å². The molecule has 0 radical (unpaired) electrons. The van der Waals surface area contributed by atoms with Crippen molar-refractivity contribution < 1.29 is 9.18 Å². The van der Waals surface area contributed by atoms with Crippen molar-refractivity contribution in [3.63, 3.8) is 0 Å². The number of halogens is 1. The SMILES string of the molecule is C[C@@H]1CCc2c(sc3ncn(CC(=O)NCc4ccc(F)cc4)c(=O)c23)C1. The quantitative estimate of drug-likeness (QED) is 0.751. The van der Waals surface area contributed by atoms with Crippen LogP contribution in [0.15, 0.2) is 35.4 Å². The molecule has 2 aromatic heterocycles. The number of amides is 1. The molecule has 0 aliphatic heterocycles. The molecule has 2 heterocycles. The van der Waals surface area contributed by atoms with Gasteiger partial charge in [-0.25, -0.2) is 9.37 Å². The van der Waals surface area contributed by atoms with Crippen molar-refractivity contribution in [2.24, 2.45) is 5.92 Å². The van der Waals surface area contributed by atoms with Crippen molar-refractivity contribution in [2.75, 3.05) is 0 Å². The van der Waals surface area contributed by atoms with Crippen LogP contribution in [-0.4, -0.2) is 15.5 Å². The third-order valence-corrected chi connectivity index (χ3v) is 6.16. The Hall–Kier alpha value is -2.54. The monoisotopic (exact) mass is 385 g/mol. The van der Waals surface area contributed by atoms with Crippen LogP contribution < -0.4 is 10.9 Å². The molecule has 1 N–H and O–H groups in total. The van der Waals surface area contributed by atoms with Crippen LogP contribution in [0.3, 0.4) is 0 Å². The molecule has 1 amide bonds. The van der Waals surface area contributed by atoms with E-state index in [4.69, 9.17) is 0 Å². The van der Waals surface area contributed by atoms with Gasteiger partial charge in [0.2, 0.25) is 5.91 Å². The Bertz CT molecular complexity index is 1060. The molecule has 140 valence electrons. The van der Waals surface area contributed by atoms with Crippen molar-refractivity contribution in [1.82, 2.24) is 14.9 Å². The zero-order valence-electron chi connectivity index (χ0n) is 15.0. The number of nitrogens with one attached hydrogen (secondary N) is 1. The van der Waals surface area contributed by atoms with Gasteiger partial charge in [0, 0.05) is 11.4 Å². The third-order valence-electron chi connectivity index (χ3n) is 5.00. The highest BCUT2D eigenvalue weighted by Crippen LogP contribution is 2.35. The van der Waals surface area contributed by atoms with Crippen LogP contribution in [0.5, 0.6) is 0 Å². The fourth-order valence-electron chi connectivity index (χ4n) is 3.49. The predicted octanol–water partition coefficient (Wildman–Crippen LogP) is 3.04. The van der Waals surface area contributed by atoms with E-state index >= 15 is 0 Å². The maximum absolute atomic E-state index is 12.9. The fraction of sp³-hybridized carbons (Fsp3) is 0.350. The first-order valence-electron chi connectivity index (χ1n) is 9.02. The largest absolute Gasteiger partial charge is 0.350 e. The van der Waals surface area contributed by atoms with E-state index < -0.39 is 0 Å². The van der Waals surface area contributed by atoms with Gasteiger partial charge in [-0.3, -0.25) is 14.2 Å². The van der Waals surface area contributed by atoms with Gasteiger partial charge in [-0.05, 0) is 48.4 Å². The molecule has 0 saturated heterocycles. The summed E-state index contributed by atoms with van der Waals surface area (Å²) in [7, 11) is 0. The van der Waals surface area contributed by atoms with E-state index in [0.29, 0.717) is 11.3 Å². The number of hydrogen-bond acceptors (Lipinski definition) is 4. The summed E-state index contributed by atoms with van der Waals surface area (Å²) in [5.41, 5.74) is 1.77. The minimum atomic E-state index is -0.315. The first-order chi connectivity index (χ1) is 13.0. The molecule has 4 rings (SSSR count). The maximum Gasteiger partial charge on any atom is 0.262 e. The number of aryl methyl sites for hydroxylation is 1. The molecule has 0 bridgehead atoms. The first kappa shape index (κ1) is 17.9. The second-order valence-electron chi connectivity index (χ2n) is 7.11. The number of carbonyl (C=O) groups is 1. The van der Waals surface area contributed by atoms with E-state index in [9.17, 15) is 14.0 Å². The summed E-state index contributed by atoms with van der Waals surface area (Å²) in [6, 6.07) is 5.94. The highest BCUT2D eigenvalue weighted by molar-refractivity contribution is 7.18. The molecular formula is C20H20FN3O2S. The van der Waals surface area contributed by atoms with Gasteiger partial charge in [0.1, 0.15) is 17.2 Å². The lowest BCUT2D eigenvalue weighted by molar-refractivity contribution is -0.121. The second kappa shape index (κ2) is 7.23. The number of nitrogens with zero attached hydrogens (tertiary/aromatic N) is 2. The topological polar surface area (TPSA) is 64.0 Å². The van der Waals surface area contributed by atoms with Gasteiger partial charge >= 0.3 is 0 Å². The van der Waals surface area contributed by atoms with E-state index in [1.165, 1.54) is 27.9 Å². The van der Waals surface area contributed by atoms with Gasteiger partial charge in [-0.15, -0.1) is 11.3 Å². The number of aromatic nitrogens is 2. The Kier molecular flexibility index (Phi) is 4.78. The zero-order chi connectivity index (χ0) is 19.0. The average molecular weight is 385 g/mol. The van der Waals surface area contributed by atoms with Gasteiger partial charge in [0.25, 0.3) is 5.56 Å². The highest BCUT2D eigenvalue weighted by atomic mass is 32.1. The van der Waals surface area contributed by atoms with E-state index in [0.717, 1.165) is 35.2 Å². The first-order valence-corrected chi connectivity index (χ1v) is 9.83. The molecule has 3 aromatic rings. The van der Waals surface area contributed by atoms with Crippen LogP contribution in [0.2, 0.25) is 0 Å². The highest BCUT2D eigenvalue weighted by Gasteiger charge is 2.23. The lowest BCUT2D eigenvalue weighted by Gasteiger charge is -2.17. The number of rotatable bonds is 4. The smallest absolute Gasteiger partial charge is 0.262 e. The van der Waals surface area contributed by atoms with E-state index in [-0.39, 0.29) is 30.4 Å². The van der Waals surface area contributed by atoms with Crippen molar-refractivity contribution in [3.05, 3.63) is 62.8 Å². The molecule has 0 unspecified atom stereocenters. The van der Waals surface area contributed by atoms with E-state index in [1.807, 2.05) is 0 Å².